The molecule has 1 fully saturated rings. The standard InChI is InChI=1S/C23H33N3O2S/c1-18(2)15-25(16-20-11-7-13-24(20)3)22(27)17-26(19-9-5-4-6-10-19)23(28)21-12-8-14-29-21/h7-8,11-14,18-19H,4-6,9-10,15-17H2,1-3H3. The van der Waals surface area contributed by atoms with Crippen LogP contribution in [-0.2, 0) is 18.4 Å². The zero-order valence-electron chi connectivity index (χ0n) is 17.8. The fraction of sp³-hybridized carbons (Fsp3) is 0.565. The molecule has 2 aromatic rings. The van der Waals surface area contributed by atoms with Gasteiger partial charge in [0, 0.05) is 31.5 Å². The lowest BCUT2D eigenvalue weighted by Gasteiger charge is -2.35. The minimum Gasteiger partial charge on any atom is -0.353 e. The topological polar surface area (TPSA) is 45.6 Å². The van der Waals surface area contributed by atoms with Gasteiger partial charge in [-0.05, 0) is 42.3 Å². The Hall–Kier alpha value is -2.08. The molecule has 2 heterocycles. The highest BCUT2D eigenvalue weighted by Crippen LogP contribution is 2.25. The molecule has 0 unspecified atom stereocenters. The molecule has 5 nitrogen and oxygen atoms in total. The van der Waals surface area contributed by atoms with Gasteiger partial charge in [0.1, 0.15) is 6.54 Å². The first-order chi connectivity index (χ1) is 14.0. The summed E-state index contributed by atoms with van der Waals surface area (Å²) < 4.78 is 2.05. The molecule has 3 rings (SSSR count). The van der Waals surface area contributed by atoms with Gasteiger partial charge in [-0.25, -0.2) is 0 Å². The van der Waals surface area contributed by atoms with E-state index in [0.717, 1.165) is 36.3 Å². The molecule has 0 saturated heterocycles. The summed E-state index contributed by atoms with van der Waals surface area (Å²) in [6.07, 6.45) is 7.47. The molecule has 0 aromatic carbocycles. The summed E-state index contributed by atoms with van der Waals surface area (Å²) in [5.41, 5.74) is 1.10. The summed E-state index contributed by atoms with van der Waals surface area (Å²) in [6, 6.07) is 7.99. The predicted octanol–water partition coefficient (Wildman–Crippen LogP) is 4.55. The molecule has 2 aromatic heterocycles. The molecule has 6 heteroatoms. The van der Waals surface area contributed by atoms with Crippen molar-refractivity contribution in [3.8, 4) is 0 Å². The molecule has 1 aliphatic rings. The van der Waals surface area contributed by atoms with Crippen molar-refractivity contribution in [3.63, 3.8) is 0 Å². The largest absolute Gasteiger partial charge is 0.353 e. The van der Waals surface area contributed by atoms with Crippen LogP contribution in [0, 0.1) is 5.92 Å². The number of rotatable bonds is 8. The Balaban J connectivity index is 1.78. The maximum absolute atomic E-state index is 13.4. The van der Waals surface area contributed by atoms with Gasteiger partial charge in [0.05, 0.1) is 11.4 Å². The van der Waals surface area contributed by atoms with Crippen molar-refractivity contribution < 1.29 is 9.59 Å². The number of carbonyl (C=O) groups is 2. The van der Waals surface area contributed by atoms with Crippen LogP contribution in [-0.4, -0.2) is 45.3 Å². The van der Waals surface area contributed by atoms with Crippen molar-refractivity contribution in [1.82, 2.24) is 14.4 Å². The summed E-state index contributed by atoms with van der Waals surface area (Å²) in [6.45, 7) is 5.68. The van der Waals surface area contributed by atoms with E-state index in [4.69, 9.17) is 0 Å². The van der Waals surface area contributed by atoms with E-state index in [0.29, 0.717) is 19.0 Å². The maximum atomic E-state index is 13.4. The molecule has 2 amide bonds. The van der Waals surface area contributed by atoms with Crippen LogP contribution in [0.25, 0.3) is 0 Å². The van der Waals surface area contributed by atoms with Crippen LogP contribution in [0.15, 0.2) is 35.8 Å². The van der Waals surface area contributed by atoms with Crippen LogP contribution < -0.4 is 0 Å². The molecular formula is C23H33N3O2S. The quantitative estimate of drug-likeness (QED) is 0.635. The number of aromatic nitrogens is 1. The second-order valence-corrected chi connectivity index (χ2v) is 9.43. The summed E-state index contributed by atoms with van der Waals surface area (Å²) in [5, 5.41) is 1.93. The van der Waals surface area contributed by atoms with E-state index < -0.39 is 0 Å². The van der Waals surface area contributed by atoms with Crippen LogP contribution in [0.2, 0.25) is 0 Å². The summed E-state index contributed by atoms with van der Waals surface area (Å²) in [5.74, 6) is 0.411. The van der Waals surface area contributed by atoms with Gasteiger partial charge in [-0.2, -0.15) is 0 Å². The van der Waals surface area contributed by atoms with Gasteiger partial charge in [-0.15, -0.1) is 11.3 Å². The molecule has 0 bridgehead atoms. The molecule has 0 spiro atoms. The molecule has 0 aliphatic heterocycles. The normalized spacial score (nSPS) is 14.9. The maximum Gasteiger partial charge on any atom is 0.264 e. The number of carbonyl (C=O) groups excluding carboxylic acids is 2. The number of hydrogen-bond donors (Lipinski definition) is 0. The molecule has 1 saturated carbocycles. The Morgan fingerprint density at radius 1 is 1.17 bits per heavy atom. The molecule has 0 radical (unpaired) electrons. The first-order valence-corrected chi connectivity index (χ1v) is 11.6. The minimum absolute atomic E-state index is 0.00335. The number of aryl methyl sites for hydroxylation is 1. The Kier molecular flexibility index (Phi) is 7.53. The zero-order valence-corrected chi connectivity index (χ0v) is 18.7. The summed E-state index contributed by atoms with van der Waals surface area (Å²) >= 11 is 1.46. The fourth-order valence-electron chi connectivity index (χ4n) is 4.10. The van der Waals surface area contributed by atoms with Gasteiger partial charge in [0.2, 0.25) is 5.91 Å². The first-order valence-electron chi connectivity index (χ1n) is 10.7. The zero-order chi connectivity index (χ0) is 20.8. The van der Waals surface area contributed by atoms with Crippen LogP contribution in [0.1, 0.15) is 61.3 Å². The van der Waals surface area contributed by atoms with Gasteiger partial charge >= 0.3 is 0 Å². The van der Waals surface area contributed by atoms with Crippen molar-refractivity contribution in [1.29, 1.82) is 0 Å². The predicted molar refractivity (Wildman–Crippen MR) is 118 cm³/mol. The Labute approximate surface area is 178 Å². The molecule has 29 heavy (non-hydrogen) atoms. The summed E-state index contributed by atoms with van der Waals surface area (Å²) in [7, 11) is 2.00. The number of nitrogens with zero attached hydrogens (tertiary/aromatic N) is 3. The third-order valence-electron chi connectivity index (χ3n) is 5.66. The van der Waals surface area contributed by atoms with Crippen molar-refractivity contribution in [2.24, 2.45) is 13.0 Å². The van der Waals surface area contributed by atoms with Crippen LogP contribution in [0.5, 0.6) is 0 Å². The SMILES string of the molecule is CC(C)CN(Cc1cccn1C)C(=O)CN(C(=O)c1cccs1)C1CCCCC1. The van der Waals surface area contributed by atoms with Crippen molar-refractivity contribution >= 4 is 23.2 Å². The highest BCUT2D eigenvalue weighted by molar-refractivity contribution is 7.12. The van der Waals surface area contributed by atoms with Crippen LogP contribution in [0.4, 0.5) is 0 Å². The second-order valence-electron chi connectivity index (χ2n) is 8.48. The van der Waals surface area contributed by atoms with E-state index in [1.807, 2.05) is 46.6 Å². The molecular weight excluding hydrogens is 382 g/mol. The summed E-state index contributed by atoms with van der Waals surface area (Å²) in [4.78, 5) is 31.1. The highest BCUT2D eigenvalue weighted by Gasteiger charge is 2.30. The lowest BCUT2D eigenvalue weighted by atomic mass is 9.94. The molecule has 0 N–H and O–H groups in total. The molecule has 1 aliphatic carbocycles. The van der Waals surface area contributed by atoms with E-state index in [1.54, 1.807) is 0 Å². The van der Waals surface area contributed by atoms with Gasteiger partial charge in [-0.3, -0.25) is 9.59 Å². The van der Waals surface area contributed by atoms with E-state index in [1.165, 1.54) is 17.8 Å². The van der Waals surface area contributed by atoms with E-state index >= 15 is 0 Å². The van der Waals surface area contributed by atoms with Crippen LogP contribution >= 0.6 is 11.3 Å². The van der Waals surface area contributed by atoms with Gasteiger partial charge < -0.3 is 14.4 Å². The van der Waals surface area contributed by atoms with E-state index in [9.17, 15) is 9.59 Å². The third kappa shape index (κ3) is 5.72. The average molecular weight is 416 g/mol. The Bertz CT molecular complexity index is 791. The van der Waals surface area contributed by atoms with E-state index in [2.05, 4.69) is 24.5 Å². The number of amides is 2. The van der Waals surface area contributed by atoms with Gasteiger partial charge in [0.25, 0.3) is 5.91 Å². The molecule has 0 atom stereocenters. The second kappa shape index (κ2) is 10.1. The monoisotopic (exact) mass is 415 g/mol. The molecule has 158 valence electrons. The lowest BCUT2D eigenvalue weighted by Crippen LogP contribution is -2.48. The number of thiophene rings is 1. The first kappa shape index (κ1) is 21.6. The third-order valence-corrected chi connectivity index (χ3v) is 6.51. The fourth-order valence-corrected chi connectivity index (χ4v) is 4.78. The minimum atomic E-state index is 0.00335. The van der Waals surface area contributed by atoms with E-state index in [-0.39, 0.29) is 24.4 Å². The smallest absolute Gasteiger partial charge is 0.264 e. The van der Waals surface area contributed by atoms with Crippen LogP contribution in [0.3, 0.4) is 0 Å². The van der Waals surface area contributed by atoms with Crippen molar-refractivity contribution in [2.45, 2.75) is 58.5 Å². The van der Waals surface area contributed by atoms with Gasteiger partial charge in [0.15, 0.2) is 0 Å². The Morgan fingerprint density at radius 2 is 1.93 bits per heavy atom. The van der Waals surface area contributed by atoms with Crippen molar-refractivity contribution in [2.75, 3.05) is 13.1 Å². The number of hydrogen-bond acceptors (Lipinski definition) is 3. The highest BCUT2D eigenvalue weighted by atomic mass is 32.1. The average Bonchev–Trinajstić information content (AvgIpc) is 3.37. The van der Waals surface area contributed by atoms with Gasteiger partial charge in [-0.1, -0.05) is 39.2 Å². The van der Waals surface area contributed by atoms with Crippen molar-refractivity contribution in [3.05, 3.63) is 46.4 Å². The lowest BCUT2D eigenvalue weighted by molar-refractivity contribution is -0.133. The Morgan fingerprint density at radius 3 is 2.52 bits per heavy atom.